The molecule has 32 heavy (non-hydrogen) atoms. The number of methoxy groups -OCH3 is 1. The van der Waals surface area contributed by atoms with Gasteiger partial charge in [-0.2, -0.15) is 0 Å². The van der Waals surface area contributed by atoms with E-state index in [1.54, 1.807) is 0 Å². The van der Waals surface area contributed by atoms with E-state index in [9.17, 15) is 4.79 Å². The zero-order valence-electron chi connectivity index (χ0n) is 18.1. The van der Waals surface area contributed by atoms with Gasteiger partial charge in [0, 0.05) is 24.4 Å². The van der Waals surface area contributed by atoms with Crippen molar-refractivity contribution >= 4 is 28.3 Å². The molecule has 0 bridgehead atoms. The van der Waals surface area contributed by atoms with Crippen LogP contribution in [-0.4, -0.2) is 18.6 Å². The van der Waals surface area contributed by atoms with Crippen LogP contribution in [0.4, 0.5) is 0 Å². The summed E-state index contributed by atoms with van der Waals surface area (Å²) in [4.78, 5) is 13.3. The molecule has 0 heterocycles. The number of carbonyl (C=O) groups excluding carboxylic acids is 1. The van der Waals surface area contributed by atoms with Crippen molar-refractivity contribution in [1.82, 2.24) is 5.32 Å². The molecule has 0 aliphatic carbocycles. The van der Waals surface area contributed by atoms with E-state index in [0.717, 1.165) is 22.1 Å². The third-order valence-corrected chi connectivity index (χ3v) is 6.04. The van der Waals surface area contributed by atoms with Crippen molar-refractivity contribution in [2.45, 2.75) is 24.9 Å². The van der Waals surface area contributed by atoms with E-state index in [4.69, 9.17) is 16.3 Å². The fourth-order valence-corrected chi connectivity index (χ4v) is 4.24. The van der Waals surface area contributed by atoms with Gasteiger partial charge in [0.25, 0.3) is 0 Å². The predicted octanol–water partition coefficient (Wildman–Crippen LogP) is 5.98. The van der Waals surface area contributed by atoms with Crippen LogP contribution >= 0.6 is 11.6 Å². The summed E-state index contributed by atoms with van der Waals surface area (Å²) in [6.45, 7) is 0.521. The van der Waals surface area contributed by atoms with Gasteiger partial charge >= 0.3 is 5.97 Å². The lowest BCUT2D eigenvalue weighted by Gasteiger charge is -2.33. The monoisotopic (exact) mass is 443 g/mol. The van der Waals surface area contributed by atoms with Crippen LogP contribution in [0.1, 0.15) is 16.7 Å². The van der Waals surface area contributed by atoms with Crippen LogP contribution in [0.5, 0.6) is 0 Å². The Balaban J connectivity index is 1.70. The molecule has 0 aliphatic heterocycles. The summed E-state index contributed by atoms with van der Waals surface area (Å²) in [5.74, 6) is -0.275. The highest BCUT2D eigenvalue weighted by Crippen LogP contribution is 2.25. The van der Waals surface area contributed by atoms with Gasteiger partial charge in [0.15, 0.2) is 0 Å². The van der Waals surface area contributed by atoms with Gasteiger partial charge in [-0.05, 0) is 39.6 Å². The van der Waals surface area contributed by atoms with Gasteiger partial charge in [-0.25, -0.2) is 0 Å². The molecule has 4 aromatic rings. The molecule has 162 valence electrons. The smallest absolute Gasteiger partial charge is 0.326 e. The molecule has 1 atom stereocenters. The van der Waals surface area contributed by atoms with Crippen molar-refractivity contribution in [3.63, 3.8) is 0 Å². The molecule has 3 nitrogen and oxygen atoms in total. The number of ether oxygens (including phenoxy) is 1. The highest BCUT2D eigenvalue weighted by Gasteiger charge is 2.39. The molecule has 1 N–H and O–H groups in total. The quantitative estimate of drug-likeness (QED) is 0.340. The van der Waals surface area contributed by atoms with Crippen LogP contribution in [-0.2, 0) is 28.9 Å². The first-order valence-corrected chi connectivity index (χ1v) is 11.1. The van der Waals surface area contributed by atoms with Crippen LogP contribution in [0, 0.1) is 0 Å². The maximum Gasteiger partial charge on any atom is 0.326 e. The van der Waals surface area contributed by atoms with E-state index in [1.165, 1.54) is 12.5 Å². The second-order valence-corrected chi connectivity index (χ2v) is 8.51. The van der Waals surface area contributed by atoms with Crippen molar-refractivity contribution in [3.05, 3.63) is 119 Å². The fourth-order valence-electron chi connectivity index (χ4n) is 4.11. The molecule has 0 aliphatic rings. The number of halogens is 1. The Morgan fingerprint density at radius 1 is 0.781 bits per heavy atom. The second kappa shape index (κ2) is 9.99. The minimum Gasteiger partial charge on any atom is -0.468 e. The van der Waals surface area contributed by atoms with E-state index in [1.807, 2.05) is 66.7 Å². The first-order valence-electron chi connectivity index (χ1n) is 10.7. The molecule has 0 saturated carbocycles. The second-order valence-electron chi connectivity index (χ2n) is 8.07. The van der Waals surface area contributed by atoms with Crippen molar-refractivity contribution in [1.29, 1.82) is 0 Å². The summed E-state index contributed by atoms with van der Waals surface area (Å²) in [5, 5.41) is 6.57. The minimum absolute atomic E-state index is 0.275. The van der Waals surface area contributed by atoms with Crippen LogP contribution in [0.2, 0.25) is 5.02 Å². The SMILES string of the molecule is COC(=O)[C@](Cc1ccccc1)(Cc1ccc2ccccc2c1)NCc1ccc(Cl)cc1. The Hall–Kier alpha value is -3.14. The number of nitrogens with one attached hydrogen (secondary N) is 1. The molecule has 4 aromatic carbocycles. The average Bonchev–Trinajstić information content (AvgIpc) is 2.83. The predicted molar refractivity (Wildman–Crippen MR) is 131 cm³/mol. The largest absolute Gasteiger partial charge is 0.468 e. The zero-order valence-corrected chi connectivity index (χ0v) is 18.8. The number of hydrogen-bond acceptors (Lipinski definition) is 3. The van der Waals surface area contributed by atoms with Crippen LogP contribution in [0.15, 0.2) is 97.1 Å². The zero-order chi connectivity index (χ0) is 22.4. The molecule has 0 spiro atoms. The normalized spacial score (nSPS) is 12.9. The summed E-state index contributed by atoms with van der Waals surface area (Å²) in [7, 11) is 1.45. The van der Waals surface area contributed by atoms with Crippen LogP contribution in [0.25, 0.3) is 10.8 Å². The Morgan fingerprint density at radius 3 is 2.12 bits per heavy atom. The summed E-state index contributed by atoms with van der Waals surface area (Å²) < 4.78 is 5.33. The Bertz CT molecular complexity index is 1190. The Kier molecular flexibility index (Phi) is 6.89. The number of carbonyl (C=O) groups is 1. The first-order chi connectivity index (χ1) is 15.6. The van der Waals surface area contributed by atoms with Gasteiger partial charge < -0.3 is 4.74 Å². The molecule has 4 rings (SSSR count). The first kappa shape index (κ1) is 22.1. The van der Waals surface area contributed by atoms with Crippen molar-refractivity contribution in [2.75, 3.05) is 7.11 Å². The van der Waals surface area contributed by atoms with Gasteiger partial charge in [0.05, 0.1) is 7.11 Å². The van der Waals surface area contributed by atoms with E-state index in [2.05, 4.69) is 35.6 Å². The Morgan fingerprint density at radius 2 is 1.41 bits per heavy atom. The van der Waals surface area contributed by atoms with E-state index in [-0.39, 0.29) is 5.97 Å². The van der Waals surface area contributed by atoms with Gasteiger partial charge in [-0.3, -0.25) is 10.1 Å². The molecule has 4 heteroatoms. The highest BCUT2D eigenvalue weighted by atomic mass is 35.5. The van der Waals surface area contributed by atoms with Crippen molar-refractivity contribution < 1.29 is 9.53 Å². The molecular weight excluding hydrogens is 418 g/mol. The number of fused-ring (bicyclic) bond motifs is 1. The molecule has 0 unspecified atom stereocenters. The van der Waals surface area contributed by atoms with E-state index in [0.29, 0.717) is 24.4 Å². The molecule has 0 saturated heterocycles. The fraction of sp³-hybridized carbons (Fsp3) is 0.179. The third kappa shape index (κ3) is 5.18. The summed E-state index contributed by atoms with van der Waals surface area (Å²) in [6.07, 6.45) is 1.02. The molecule has 0 aromatic heterocycles. The minimum atomic E-state index is -0.918. The van der Waals surface area contributed by atoms with Crippen LogP contribution in [0.3, 0.4) is 0 Å². The van der Waals surface area contributed by atoms with E-state index >= 15 is 0 Å². The molecular formula is C28H26ClNO2. The molecule has 0 radical (unpaired) electrons. The Labute approximate surface area is 194 Å². The maximum atomic E-state index is 13.3. The number of hydrogen-bond donors (Lipinski definition) is 1. The standard InChI is InChI=1S/C28H26ClNO2/c1-32-27(31)28(18-21-7-3-2-4-8-21,30-20-22-12-15-26(29)16-13-22)19-23-11-14-24-9-5-6-10-25(24)17-23/h2-17,30H,18-20H2,1H3/t28-/m0/s1. The van der Waals surface area contributed by atoms with Gasteiger partial charge in [-0.1, -0.05) is 96.5 Å². The maximum absolute atomic E-state index is 13.3. The van der Waals surface area contributed by atoms with Crippen LogP contribution < -0.4 is 5.32 Å². The van der Waals surface area contributed by atoms with Gasteiger partial charge in [0.1, 0.15) is 5.54 Å². The summed E-state index contributed by atoms with van der Waals surface area (Å²) >= 11 is 6.04. The lowest BCUT2D eigenvalue weighted by molar-refractivity contribution is -0.148. The highest BCUT2D eigenvalue weighted by molar-refractivity contribution is 6.30. The number of rotatable bonds is 8. The lowest BCUT2D eigenvalue weighted by atomic mass is 9.83. The topological polar surface area (TPSA) is 38.3 Å². The van der Waals surface area contributed by atoms with Crippen molar-refractivity contribution in [3.8, 4) is 0 Å². The third-order valence-electron chi connectivity index (χ3n) is 5.79. The van der Waals surface area contributed by atoms with Crippen molar-refractivity contribution in [2.24, 2.45) is 0 Å². The number of benzene rings is 4. The van der Waals surface area contributed by atoms with Gasteiger partial charge in [-0.15, -0.1) is 0 Å². The molecule has 0 amide bonds. The van der Waals surface area contributed by atoms with E-state index < -0.39 is 5.54 Å². The van der Waals surface area contributed by atoms with Gasteiger partial charge in [0.2, 0.25) is 0 Å². The lowest BCUT2D eigenvalue weighted by Crippen LogP contribution is -2.55. The summed E-state index contributed by atoms with van der Waals surface area (Å²) in [5.41, 5.74) is 2.28. The average molecular weight is 444 g/mol. The summed E-state index contributed by atoms with van der Waals surface area (Å²) in [6, 6.07) is 32.3. The number of esters is 1. The molecule has 0 fully saturated rings.